The maximum Gasteiger partial charge on any atom is 0.508 e. The van der Waals surface area contributed by atoms with Gasteiger partial charge in [-0.25, -0.2) is 4.79 Å². The molecular formula is C23H44N2O3. The second-order valence-corrected chi connectivity index (χ2v) is 8.79. The van der Waals surface area contributed by atoms with Crippen LogP contribution in [0, 0.1) is 11.8 Å². The molecule has 0 aromatic rings. The van der Waals surface area contributed by atoms with Crippen molar-refractivity contribution in [3.05, 3.63) is 0 Å². The normalized spacial score (nSPS) is 25.1. The SMILES string of the molecule is CCCCC(COC(=O)OCC(CCCC)C1CCCCN1)C1CCCCN1. The van der Waals surface area contributed by atoms with Gasteiger partial charge in [-0.3, -0.25) is 0 Å². The highest BCUT2D eigenvalue weighted by Crippen LogP contribution is 2.23. The molecule has 164 valence electrons. The van der Waals surface area contributed by atoms with Crippen LogP contribution in [0.2, 0.25) is 0 Å². The van der Waals surface area contributed by atoms with E-state index in [1.54, 1.807) is 0 Å². The van der Waals surface area contributed by atoms with Gasteiger partial charge < -0.3 is 20.1 Å². The van der Waals surface area contributed by atoms with Crippen molar-refractivity contribution in [3.63, 3.8) is 0 Å². The van der Waals surface area contributed by atoms with Crippen LogP contribution in [0.15, 0.2) is 0 Å². The molecule has 5 nitrogen and oxygen atoms in total. The van der Waals surface area contributed by atoms with Crippen molar-refractivity contribution in [1.29, 1.82) is 0 Å². The average molecular weight is 397 g/mol. The Labute approximate surface area is 172 Å². The predicted octanol–water partition coefficient (Wildman–Crippen LogP) is 5.04. The second-order valence-electron chi connectivity index (χ2n) is 8.79. The van der Waals surface area contributed by atoms with Gasteiger partial charge >= 0.3 is 6.16 Å². The lowest BCUT2D eigenvalue weighted by atomic mass is 9.89. The van der Waals surface area contributed by atoms with E-state index < -0.39 is 6.16 Å². The van der Waals surface area contributed by atoms with E-state index in [1.165, 1.54) is 64.2 Å². The Morgan fingerprint density at radius 3 is 1.64 bits per heavy atom. The molecule has 0 saturated carbocycles. The minimum atomic E-state index is -0.477. The number of nitrogens with one attached hydrogen (secondary N) is 2. The van der Waals surface area contributed by atoms with Gasteiger partial charge in [0.05, 0.1) is 13.2 Å². The number of hydrogen-bond acceptors (Lipinski definition) is 5. The Morgan fingerprint density at radius 1 is 0.821 bits per heavy atom. The summed E-state index contributed by atoms with van der Waals surface area (Å²) in [7, 11) is 0. The quantitative estimate of drug-likeness (QED) is 0.453. The molecule has 0 spiro atoms. The van der Waals surface area contributed by atoms with E-state index in [9.17, 15) is 4.79 Å². The molecule has 2 rings (SSSR count). The van der Waals surface area contributed by atoms with Gasteiger partial charge in [0.1, 0.15) is 0 Å². The molecule has 4 unspecified atom stereocenters. The van der Waals surface area contributed by atoms with E-state index in [4.69, 9.17) is 9.47 Å². The first-order valence-electron chi connectivity index (χ1n) is 12.0. The number of unbranched alkanes of at least 4 members (excludes halogenated alkanes) is 2. The van der Waals surface area contributed by atoms with Gasteiger partial charge in [0, 0.05) is 23.9 Å². The lowest BCUT2D eigenvalue weighted by molar-refractivity contribution is 0.0217. The minimum absolute atomic E-state index is 0.406. The Morgan fingerprint density at radius 2 is 1.29 bits per heavy atom. The van der Waals surface area contributed by atoms with Crippen molar-refractivity contribution in [3.8, 4) is 0 Å². The zero-order chi connectivity index (χ0) is 20.0. The molecule has 28 heavy (non-hydrogen) atoms. The first-order valence-corrected chi connectivity index (χ1v) is 12.0. The van der Waals surface area contributed by atoms with Gasteiger partial charge in [0.2, 0.25) is 0 Å². The van der Waals surface area contributed by atoms with Gasteiger partial charge in [-0.15, -0.1) is 0 Å². The number of ether oxygens (including phenoxy) is 2. The van der Waals surface area contributed by atoms with Crippen molar-refractivity contribution < 1.29 is 14.3 Å². The first kappa shape index (κ1) is 23.5. The van der Waals surface area contributed by atoms with Gasteiger partial charge in [-0.1, -0.05) is 52.4 Å². The van der Waals surface area contributed by atoms with Crippen LogP contribution in [-0.2, 0) is 9.47 Å². The zero-order valence-electron chi connectivity index (χ0n) is 18.3. The summed E-state index contributed by atoms with van der Waals surface area (Å²) >= 11 is 0. The summed E-state index contributed by atoms with van der Waals surface area (Å²) < 4.78 is 11.2. The highest BCUT2D eigenvalue weighted by Gasteiger charge is 2.26. The van der Waals surface area contributed by atoms with E-state index in [1.807, 2.05) is 0 Å². The lowest BCUT2D eigenvalue weighted by Gasteiger charge is -2.32. The molecular weight excluding hydrogens is 352 g/mol. The minimum Gasteiger partial charge on any atom is -0.434 e. The molecule has 0 amide bonds. The van der Waals surface area contributed by atoms with Gasteiger partial charge in [-0.2, -0.15) is 0 Å². The molecule has 0 aliphatic carbocycles. The summed E-state index contributed by atoms with van der Waals surface area (Å²) in [6.07, 6.45) is 14.0. The van der Waals surface area contributed by atoms with Crippen LogP contribution in [0.5, 0.6) is 0 Å². The van der Waals surface area contributed by atoms with Crippen molar-refractivity contribution >= 4 is 6.16 Å². The molecule has 0 radical (unpaired) electrons. The van der Waals surface area contributed by atoms with Gasteiger partial charge in [0.15, 0.2) is 0 Å². The Bertz CT molecular complexity index is 371. The van der Waals surface area contributed by atoms with Crippen LogP contribution in [0.3, 0.4) is 0 Å². The van der Waals surface area contributed by atoms with Crippen LogP contribution in [0.4, 0.5) is 4.79 Å². The van der Waals surface area contributed by atoms with Gasteiger partial charge in [-0.05, 0) is 51.6 Å². The molecule has 2 N–H and O–H groups in total. The van der Waals surface area contributed by atoms with Crippen LogP contribution in [0.25, 0.3) is 0 Å². The van der Waals surface area contributed by atoms with Crippen LogP contribution >= 0.6 is 0 Å². The highest BCUT2D eigenvalue weighted by atomic mass is 16.7. The number of piperidine rings is 2. The summed E-state index contributed by atoms with van der Waals surface area (Å²) in [6, 6.07) is 0.966. The van der Waals surface area contributed by atoms with E-state index in [0.717, 1.165) is 25.9 Å². The van der Waals surface area contributed by atoms with Crippen molar-refractivity contribution in [1.82, 2.24) is 10.6 Å². The zero-order valence-corrected chi connectivity index (χ0v) is 18.3. The predicted molar refractivity (Wildman–Crippen MR) is 115 cm³/mol. The van der Waals surface area contributed by atoms with Crippen LogP contribution < -0.4 is 10.6 Å². The van der Waals surface area contributed by atoms with Crippen molar-refractivity contribution in [2.24, 2.45) is 11.8 Å². The van der Waals surface area contributed by atoms with E-state index >= 15 is 0 Å². The Balaban J connectivity index is 1.75. The summed E-state index contributed by atoms with van der Waals surface area (Å²) in [5.41, 5.74) is 0. The molecule has 5 heteroatoms. The first-order chi connectivity index (χ1) is 13.7. The molecule has 2 aliphatic rings. The number of carbonyl (C=O) groups is 1. The summed E-state index contributed by atoms with van der Waals surface area (Å²) in [4.78, 5) is 12.3. The van der Waals surface area contributed by atoms with E-state index in [2.05, 4.69) is 24.5 Å². The molecule has 4 atom stereocenters. The fourth-order valence-corrected chi connectivity index (χ4v) is 4.69. The van der Waals surface area contributed by atoms with Crippen molar-refractivity contribution in [2.45, 2.75) is 103 Å². The Hall–Kier alpha value is -0.810. The van der Waals surface area contributed by atoms with Crippen LogP contribution in [0.1, 0.15) is 90.9 Å². The van der Waals surface area contributed by atoms with E-state index in [-0.39, 0.29) is 0 Å². The summed E-state index contributed by atoms with van der Waals surface area (Å²) in [5.74, 6) is 0.812. The number of carbonyl (C=O) groups excluding carboxylic acids is 1. The maximum atomic E-state index is 12.3. The number of hydrogen-bond donors (Lipinski definition) is 2. The Kier molecular flexibility index (Phi) is 11.9. The summed E-state index contributed by atoms with van der Waals surface area (Å²) in [6.45, 7) is 7.58. The molecule has 2 heterocycles. The highest BCUT2D eigenvalue weighted by molar-refractivity contribution is 5.59. The largest absolute Gasteiger partial charge is 0.508 e. The third kappa shape index (κ3) is 8.69. The van der Waals surface area contributed by atoms with Crippen molar-refractivity contribution in [2.75, 3.05) is 26.3 Å². The lowest BCUT2D eigenvalue weighted by Crippen LogP contribution is -2.43. The van der Waals surface area contributed by atoms with E-state index in [0.29, 0.717) is 37.1 Å². The maximum absolute atomic E-state index is 12.3. The topological polar surface area (TPSA) is 59.6 Å². The molecule has 2 fully saturated rings. The monoisotopic (exact) mass is 396 g/mol. The van der Waals surface area contributed by atoms with Crippen LogP contribution in [-0.4, -0.2) is 44.5 Å². The standard InChI is InChI=1S/C23H44N2O3/c1-3-5-11-19(21-13-7-9-15-24-21)17-27-23(26)28-18-20(12-6-4-2)22-14-8-10-16-25-22/h19-22,24-25H,3-18H2,1-2H3. The average Bonchev–Trinajstić information content (AvgIpc) is 2.75. The molecule has 0 aromatic heterocycles. The molecule has 0 aromatic carbocycles. The molecule has 2 aliphatic heterocycles. The smallest absolute Gasteiger partial charge is 0.434 e. The fraction of sp³-hybridized carbons (Fsp3) is 0.957. The van der Waals surface area contributed by atoms with Gasteiger partial charge in [0.25, 0.3) is 0 Å². The fourth-order valence-electron chi connectivity index (χ4n) is 4.69. The third-order valence-corrected chi connectivity index (χ3v) is 6.52. The number of rotatable bonds is 12. The second kappa shape index (κ2) is 14.2. The third-order valence-electron chi connectivity index (χ3n) is 6.52. The summed E-state index contributed by atoms with van der Waals surface area (Å²) in [5, 5.41) is 7.26. The molecule has 2 saturated heterocycles. The molecule has 0 bridgehead atoms.